The summed E-state index contributed by atoms with van der Waals surface area (Å²) in [5.41, 5.74) is 2.26. The summed E-state index contributed by atoms with van der Waals surface area (Å²) in [6.45, 7) is 1.25. The normalized spacial score (nSPS) is 10.2. The summed E-state index contributed by atoms with van der Waals surface area (Å²) < 4.78 is 11.2. The van der Waals surface area contributed by atoms with Gasteiger partial charge in [0.2, 0.25) is 0 Å². The Morgan fingerprint density at radius 2 is 1.71 bits per heavy atom. The standard InChI is InChI=1S/C23H23N3O5/c1-30-22-15-18(7-12-21(22)31-16-17-5-3-2-4-6-17)23(27)25-14-13-24-19-8-10-20(11-9-19)26(28)29/h2-12,15,24H,13-14,16H2,1H3,(H,25,27). The van der Waals surface area contributed by atoms with Gasteiger partial charge in [-0.25, -0.2) is 0 Å². The van der Waals surface area contributed by atoms with E-state index in [0.29, 0.717) is 36.8 Å². The fourth-order valence-corrected chi connectivity index (χ4v) is 2.85. The van der Waals surface area contributed by atoms with E-state index in [1.165, 1.54) is 19.2 Å². The van der Waals surface area contributed by atoms with Gasteiger partial charge in [-0.05, 0) is 35.9 Å². The number of non-ortho nitro benzene ring substituents is 1. The van der Waals surface area contributed by atoms with E-state index in [2.05, 4.69) is 10.6 Å². The molecule has 0 atom stereocenters. The predicted octanol–water partition coefficient (Wildman–Crippen LogP) is 4.02. The van der Waals surface area contributed by atoms with Crippen molar-refractivity contribution < 1.29 is 19.2 Å². The fourth-order valence-electron chi connectivity index (χ4n) is 2.85. The summed E-state index contributed by atoms with van der Waals surface area (Å²) in [4.78, 5) is 22.6. The largest absolute Gasteiger partial charge is 0.493 e. The quantitative estimate of drug-likeness (QED) is 0.291. The Morgan fingerprint density at radius 1 is 0.968 bits per heavy atom. The number of carbonyl (C=O) groups is 1. The molecule has 0 aliphatic carbocycles. The lowest BCUT2D eigenvalue weighted by atomic mass is 10.2. The summed E-state index contributed by atoms with van der Waals surface area (Å²) in [7, 11) is 1.53. The summed E-state index contributed by atoms with van der Waals surface area (Å²) in [6, 6.07) is 20.9. The summed E-state index contributed by atoms with van der Waals surface area (Å²) in [6.07, 6.45) is 0. The fraction of sp³-hybridized carbons (Fsp3) is 0.174. The van der Waals surface area contributed by atoms with E-state index in [0.717, 1.165) is 11.3 Å². The topological polar surface area (TPSA) is 103 Å². The van der Waals surface area contributed by atoms with Crippen LogP contribution in [0, 0.1) is 10.1 Å². The molecule has 0 aliphatic rings. The van der Waals surface area contributed by atoms with Crippen molar-refractivity contribution in [1.82, 2.24) is 5.32 Å². The molecule has 0 saturated carbocycles. The van der Waals surface area contributed by atoms with Crippen LogP contribution in [-0.2, 0) is 6.61 Å². The van der Waals surface area contributed by atoms with Gasteiger partial charge in [-0.1, -0.05) is 30.3 Å². The Balaban J connectivity index is 1.49. The van der Waals surface area contributed by atoms with E-state index in [1.54, 1.807) is 30.3 Å². The number of benzene rings is 3. The van der Waals surface area contributed by atoms with Crippen molar-refractivity contribution in [2.24, 2.45) is 0 Å². The summed E-state index contributed by atoms with van der Waals surface area (Å²) >= 11 is 0. The molecular weight excluding hydrogens is 398 g/mol. The summed E-state index contributed by atoms with van der Waals surface area (Å²) in [5, 5.41) is 16.6. The third-order valence-electron chi connectivity index (χ3n) is 4.48. The molecule has 2 N–H and O–H groups in total. The molecular formula is C23H23N3O5. The first-order chi connectivity index (χ1) is 15.1. The Bertz CT molecular complexity index is 1020. The molecule has 0 spiro atoms. The van der Waals surface area contributed by atoms with Gasteiger partial charge in [-0.15, -0.1) is 0 Å². The highest BCUT2D eigenvalue weighted by Gasteiger charge is 2.11. The zero-order valence-corrected chi connectivity index (χ0v) is 17.0. The van der Waals surface area contributed by atoms with E-state index < -0.39 is 4.92 Å². The molecule has 0 bridgehead atoms. The van der Waals surface area contributed by atoms with Crippen LogP contribution in [0.15, 0.2) is 72.8 Å². The monoisotopic (exact) mass is 421 g/mol. The number of methoxy groups -OCH3 is 1. The van der Waals surface area contributed by atoms with Gasteiger partial charge in [0.15, 0.2) is 11.5 Å². The smallest absolute Gasteiger partial charge is 0.269 e. The van der Waals surface area contributed by atoms with Crippen molar-refractivity contribution >= 4 is 17.3 Å². The Hall–Kier alpha value is -4.07. The average Bonchev–Trinajstić information content (AvgIpc) is 2.81. The lowest BCUT2D eigenvalue weighted by molar-refractivity contribution is -0.384. The number of nitrogens with zero attached hydrogens (tertiary/aromatic N) is 1. The van der Waals surface area contributed by atoms with E-state index in [9.17, 15) is 14.9 Å². The maximum absolute atomic E-state index is 12.4. The number of nitrogens with one attached hydrogen (secondary N) is 2. The van der Waals surface area contributed by atoms with Crippen molar-refractivity contribution in [1.29, 1.82) is 0 Å². The van der Waals surface area contributed by atoms with Gasteiger partial charge >= 0.3 is 0 Å². The van der Waals surface area contributed by atoms with Gasteiger partial charge in [0.25, 0.3) is 11.6 Å². The van der Waals surface area contributed by atoms with E-state index in [1.807, 2.05) is 30.3 Å². The van der Waals surface area contributed by atoms with Crippen LogP contribution in [0.2, 0.25) is 0 Å². The van der Waals surface area contributed by atoms with Crippen LogP contribution in [0.5, 0.6) is 11.5 Å². The molecule has 8 nitrogen and oxygen atoms in total. The second-order valence-corrected chi connectivity index (χ2v) is 6.63. The first-order valence-corrected chi connectivity index (χ1v) is 9.68. The zero-order chi connectivity index (χ0) is 22.1. The number of amides is 1. The third-order valence-corrected chi connectivity index (χ3v) is 4.48. The Kier molecular flexibility index (Phi) is 7.42. The number of nitro groups is 1. The van der Waals surface area contributed by atoms with Gasteiger partial charge < -0.3 is 20.1 Å². The van der Waals surface area contributed by atoms with Crippen molar-refractivity contribution in [3.05, 3.63) is 94.0 Å². The molecule has 3 rings (SSSR count). The number of hydrogen-bond donors (Lipinski definition) is 2. The van der Waals surface area contributed by atoms with Crippen molar-refractivity contribution in [2.45, 2.75) is 6.61 Å². The molecule has 1 amide bonds. The average molecular weight is 421 g/mol. The number of hydrogen-bond acceptors (Lipinski definition) is 6. The van der Waals surface area contributed by atoms with Gasteiger partial charge in [0, 0.05) is 36.5 Å². The molecule has 31 heavy (non-hydrogen) atoms. The predicted molar refractivity (Wildman–Crippen MR) is 118 cm³/mol. The highest BCUT2D eigenvalue weighted by atomic mass is 16.6. The first-order valence-electron chi connectivity index (χ1n) is 9.68. The molecule has 0 fully saturated rings. The van der Waals surface area contributed by atoms with Crippen LogP contribution in [0.3, 0.4) is 0 Å². The minimum atomic E-state index is -0.448. The van der Waals surface area contributed by atoms with Crippen LogP contribution in [0.4, 0.5) is 11.4 Å². The molecule has 3 aromatic carbocycles. The lowest BCUT2D eigenvalue weighted by Gasteiger charge is -2.13. The first kappa shape index (κ1) is 21.6. The van der Waals surface area contributed by atoms with Crippen molar-refractivity contribution in [3.63, 3.8) is 0 Å². The SMILES string of the molecule is COc1cc(C(=O)NCCNc2ccc([N+](=O)[O-])cc2)ccc1OCc1ccccc1. The lowest BCUT2D eigenvalue weighted by Crippen LogP contribution is -2.28. The second kappa shape index (κ2) is 10.6. The molecule has 0 heterocycles. The van der Waals surface area contributed by atoms with E-state index in [-0.39, 0.29) is 11.6 Å². The highest BCUT2D eigenvalue weighted by Crippen LogP contribution is 2.28. The maximum atomic E-state index is 12.4. The van der Waals surface area contributed by atoms with Crippen LogP contribution in [-0.4, -0.2) is 31.0 Å². The Morgan fingerprint density at radius 3 is 2.39 bits per heavy atom. The van der Waals surface area contributed by atoms with Crippen LogP contribution in [0.25, 0.3) is 0 Å². The van der Waals surface area contributed by atoms with Crippen molar-refractivity contribution in [3.8, 4) is 11.5 Å². The number of nitro benzene ring substituents is 1. The molecule has 160 valence electrons. The summed E-state index contributed by atoms with van der Waals surface area (Å²) in [5.74, 6) is 0.800. The number of carbonyl (C=O) groups excluding carboxylic acids is 1. The minimum Gasteiger partial charge on any atom is -0.493 e. The van der Waals surface area contributed by atoms with E-state index in [4.69, 9.17) is 9.47 Å². The molecule has 0 unspecified atom stereocenters. The van der Waals surface area contributed by atoms with Gasteiger partial charge in [0.05, 0.1) is 12.0 Å². The van der Waals surface area contributed by atoms with Crippen LogP contribution in [0.1, 0.15) is 15.9 Å². The Labute approximate surface area is 180 Å². The van der Waals surface area contributed by atoms with Crippen LogP contribution >= 0.6 is 0 Å². The third kappa shape index (κ3) is 6.20. The van der Waals surface area contributed by atoms with Gasteiger partial charge in [0.1, 0.15) is 6.61 Å². The molecule has 0 aliphatic heterocycles. The zero-order valence-electron chi connectivity index (χ0n) is 17.0. The number of rotatable bonds is 10. The van der Waals surface area contributed by atoms with Gasteiger partial charge in [-0.2, -0.15) is 0 Å². The molecule has 0 aromatic heterocycles. The molecule has 3 aromatic rings. The maximum Gasteiger partial charge on any atom is 0.269 e. The molecule has 8 heteroatoms. The minimum absolute atomic E-state index is 0.0315. The highest BCUT2D eigenvalue weighted by molar-refractivity contribution is 5.94. The number of anilines is 1. The van der Waals surface area contributed by atoms with Gasteiger partial charge in [-0.3, -0.25) is 14.9 Å². The molecule has 0 saturated heterocycles. The van der Waals surface area contributed by atoms with E-state index >= 15 is 0 Å². The molecule has 0 radical (unpaired) electrons. The number of ether oxygens (including phenoxy) is 2. The van der Waals surface area contributed by atoms with Crippen LogP contribution < -0.4 is 20.1 Å². The van der Waals surface area contributed by atoms with Crippen molar-refractivity contribution in [2.75, 3.05) is 25.5 Å². The second-order valence-electron chi connectivity index (χ2n) is 6.63.